The lowest BCUT2D eigenvalue weighted by atomic mass is 10.1. The molecule has 0 unspecified atom stereocenters. The van der Waals surface area contributed by atoms with Crippen molar-refractivity contribution in [1.29, 1.82) is 0 Å². The molecule has 0 radical (unpaired) electrons. The summed E-state index contributed by atoms with van der Waals surface area (Å²) in [6.07, 6.45) is 1.95. The second kappa shape index (κ2) is 9.71. The van der Waals surface area contributed by atoms with E-state index >= 15 is 0 Å². The predicted molar refractivity (Wildman–Crippen MR) is 112 cm³/mol. The number of amides is 1. The highest BCUT2D eigenvalue weighted by molar-refractivity contribution is 7.92. The number of hydrogen-bond acceptors (Lipinski definition) is 4. The highest BCUT2D eigenvalue weighted by atomic mass is 32.2. The van der Waals surface area contributed by atoms with Crippen LogP contribution in [0.25, 0.3) is 0 Å². The molecule has 0 aliphatic heterocycles. The average molecular weight is 405 g/mol. The molecule has 6 nitrogen and oxygen atoms in total. The van der Waals surface area contributed by atoms with Crippen molar-refractivity contribution in [3.05, 3.63) is 64.7 Å². The van der Waals surface area contributed by atoms with Crippen LogP contribution >= 0.6 is 0 Å². The Balaban J connectivity index is 2.15. The van der Waals surface area contributed by atoms with Gasteiger partial charge in [0.15, 0.2) is 0 Å². The summed E-state index contributed by atoms with van der Waals surface area (Å²) >= 11 is 0. The van der Waals surface area contributed by atoms with Crippen molar-refractivity contribution < 1.29 is 17.9 Å². The summed E-state index contributed by atoms with van der Waals surface area (Å²) in [6.45, 7) is 5.17. The quantitative estimate of drug-likeness (QED) is 0.652. The van der Waals surface area contributed by atoms with Crippen LogP contribution in [0.3, 0.4) is 0 Å². The van der Waals surface area contributed by atoms with Crippen molar-refractivity contribution in [3.63, 3.8) is 0 Å². The van der Waals surface area contributed by atoms with E-state index in [4.69, 9.17) is 4.74 Å². The SMILES string of the molecule is COCCCNC(=O)c1ccc(CN(c2cc(C)ccc2C)S(C)(=O)=O)cc1. The standard InChI is InChI=1S/C21H28N2O4S/c1-16-6-7-17(2)20(14-16)23(28(4,25)26)15-18-8-10-19(11-9-18)21(24)22-12-5-13-27-3/h6-11,14H,5,12-13,15H2,1-4H3,(H,22,24). The van der Waals surface area contributed by atoms with Crippen molar-refractivity contribution in [2.24, 2.45) is 0 Å². The third-order valence-electron chi connectivity index (χ3n) is 4.39. The number of rotatable bonds is 9. The summed E-state index contributed by atoms with van der Waals surface area (Å²) in [6, 6.07) is 12.7. The van der Waals surface area contributed by atoms with E-state index in [9.17, 15) is 13.2 Å². The Labute approximate surface area is 167 Å². The third kappa shape index (κ3) is 6.07. The minimum Gasteiger partial charge on any atom is -0.385 e. The molecule has 7 heteroatoms. The lowest BCUT2D eigenvalue weighted by Crippen LogP contribution is -2.30. The van der Waals surface area contributed by atoms with Gasteiger partial charge in [0.25, 0.3) is 5.91 Å². The van der Waals surface area contributed by atoms with Gasteiger partial charge in [0, 0.05) is 25.8 Å². The fourth-order valence-corrected chi connectivity index (χ4v) is 3.75. The van der Waals surface area contributed by atoms with E-state index in [0.29, 0.717) is 24.4 Å². The number of sulfonamides is 1. The molecule has 0 spiro atoms. The van der Waals surface area contributed by atoms with Crippen molar-refractivity contribution >= 4 is 21.6 Å². The van der Waals surface area contributed by atoms with E-state index < -0.39 is 10.0 Å². The van der Waals surface area contributed by atoms with Gasteiger partial charge in [0.1, 0.15) is 0 Å². The summed E-state index contributed by atoms with van der Waals surface area (Å²) in [5.74, 6) is -0.155. The molecule has 0 saturated heterocycles. The highest BCUT2D eigenvalue weighted by Gasteiger charge is 2.20. The number of ether oxygens (including phenoxy) is 1. The first kappa shape index (κ1) is 21.9. The highest BCUT2D eigenvalue weighted by Crippen LogP contribution is 2.26. The molecule has 28 heavy (non-hydrogen) atoms. The number of nitrogens with zero attached hydrogens (tertiary/aromatic N) is 1. The second-order valence-electron chi connectivity index (χ2n) is 6.86. The number of carbonyl (C=O) groups excluding carboxylic acids is 1. The molecule has 0 aliphatic rings. The lowest BCUT2D eigenvalue weighted by molar-refractivity contribution is 0.0948. The average Bonchev–Trinajstić information content (AvgIpc) is 2.65. The number of anilines is 1. The molecular formula is C21H28N2O4S. The summed E-state index contributed by atoms with van der Waals surface area (Å²) in [7, 11) is -1.83. The zero-order valence-corrected chi connectivity index (χ0v) is 17.7. The molecule has 0 fully saturated rings. The van der Waals surface area contributed by atoms with Gasteiger partial charge in [-0.25, -0.2) is 8.42 Å². The van der Waals surface area contributed by atoms with Gasteiger partial charge < -0.3 is 10.1 Å². The number of methoxy groups -OCH3 is 1. The molecule has 1 N–H and O–H groups in total. The van der Waals surface area contributed by atoms with E-state index in [-0.39, 0.29) is 12.5 Å². The molecule has 0 aromatic heterocycles. The minimum absolute atomic E-state index is 0.155. The number of aryl methyl sites for hydroxylation is 2. The summed E-state index contributed by atoms with van der Waals surface area (Å²) in [4.78, 5) is 12.1. The van der Waals surface area contributed by atoms with Crippen molar-refractivity contribution in [2.45, 2.75) is 26.8 Å². The number of carbonyl (C=O) groups is 1. The first-order valence-electron chi connectivity index (χ1n) is 9.13. The normalized spacial score (nSPS) is 11.3. The van der Waals surface area contributed by atoms with Crippen LogP contribution in [0.2, 0.25) is 0 Å². The van der Waals surface area contributed by atoms with Crippen LogP contribution in [-0.2, 0) is 21.3 Å². The lowest BCUT2D eigenvalue weighted by Gasteiger charge is -2.25. The van der Waals surface area contributed by atoms with E-state index in [1.54, 1.807) is 31.4 Å². The van der Waals surface area contributed by atoms with Gasteiger partial charge in [-0.05, 0) is 55.2 Å². The van der Waals surface area contributed by atoms with Crippen LogP contribution in [0.1, 0.15) is 33.5 Å². The van der Waals surface area contributed by atoms with Gasteiger partial charge in [-0.2, -0.15) is 0 Å². The molecular weight excluding hydrogens is 376 g/mol. The second-order valence-corrected chi connectivity index (χ2v) is 8.77. The van der Waals surface area contributed by atoms with Gasteiger partial charge >= 0.3 is 0 Å². The van der Waals surface area contributed by atoms with Crippen molar-refractivity contribution in [3.8, 4) is 0 Å². The molecule has 152 valence electrons. The molecule has 1 amide bonds. The summed E-state index contributed by atoms with van der Waals surface area (Å²) in [5, 5.41) is 2.83. The van der Waals surface area contributed by atoms with Crippen LogP contribution < -0.4 is 9.62 Å². The summed E-state index contributed by atoms with van der Waals surface area (Å²) in [5.41, 5.74) is 3.90. The molecule has 2 rings (SSSR count). The largest absolute Gasteiger partial charge is 0.385 e. The summed E-state index contributed by atoms with van der Waals surface area (Å²) < 4.78 is 31.2. The molecule has 0 saturated carbocycles. The molecule has 2 aromatic carbocycles. The van der Waals surface area contributed by atoms with Gasteiger partial charge in [0.2, 0.25) is 10.0 Å². The van der Waals surface area contributed by atoms with Gasteiger partial charge in [-0.1, -0.05) is 24.3 Å². The van der Waals surface area contributed by atoms with Crippen LogP contribution in [0, 0.1) is 13.8 Å². The van der Waals surface area contributed by atoms with E-state index in [1.165, 1.54) is 10.6 Å². The molecule has 0 heterocycles. The molecule has 0 aliphatic carbocycles. The van der Waals surface area contributed by atoms with Crippen LogP contribution in [0.15, 0.2) is 42.5 Å². The maximum absolute atomic E-state index is 12.4. The Morgan fingerprint density at radius 3 is 2.39 bits per heavy atom. The van der Waals surface area contributed by atoms with Crippen LogP contribution in [0.5, 0.6) is 0 Å². The molecule has 0 bridgehead atoms. The van der Waals surface area contributed by atoms with Crippen molar-refractivity contribution in [2.75, 3.05) is 30.8 Å². The first-order valence-corrected chi connectivity index (χ1v) is 11.0. The Kier molecular flexibility index (Phi) is 7.60. The van der Waals surface area contributed by atoms with Crippen LogP contribution in [-0.4, -0.2) is 40.8 Å². The van der Waals surface area contributed by atoms with Gasteiger partial charge in [-0.15, -0.1) is 0 Å². The number of benzene rings is 2. The predicted octanol–water partition coefficient (Wildman–Crippen LogP) is 3.04. The van der Waals surface area contributed by atoms with E-state index in [1.807, 2.05) is 32.0 Å². The molecule has 0 atom stereocenters. The Morgan fingerprint density at radius 1 is 1.11 bits per heavy atom. The fraction of sp³-hybridized carbons (Fsp3) is 0.381. The Morgan fingerprint density at radius 2 is 1.79 bits per heavy atom. The fourth-order valence-electron chi connectivity index (χ4n) is 2.82. The zero-order valence-electron chi connectivity index (χ0n) is 16.9. The molecule has 2 aromatic rings. The first-order chi connectivity index (χ1) is 13.2. The van der Waals surface area contributed by atoms with Crippen molar-refractivity contribution in [1.82, 2.24) is 5.32 Å². The maximum Gasteiger partial charge on any atom is 0.251 e. The number of nitrogens with one attached hydrogen (secondary N) is 1. The van der Waals surface area contributed by atoms with E-state index in [0.717, 1.165) is 23.1 Å². The third-order valence-corrected chi connectivity index (χ3v) is 5.51. The van der Waals surface area contributed by atoms with Gasteiger partial charge in [0.05, 0.1) is 18.5 Å². The zero-order chi connectivity index (χ0) is 20.7. The van der Waals surface area contributed by atoms with E-state index in [2.05, 4.69) is 5.32 Å². The smallest absolute Gasteiger partial charge is 0.251 e. The number of hydrogen-bond donors (Lipinski definition) is 1. The topological polar surface area (TPSA) is 75.7 Å². The minimum atomic E-state index is -3.46. The Bertz CT molecular complexity index is 909. The van der Waals surface area contributed by atoms with Gasteiger partial charge in [-0.3, -0.25) is 9.10 Å². The Hall–Kier alpha value is -2.38. The monoisotopic (exact) mass is 404 g/mol. The van der Waals surface area contributed by atoms with Crippen LogP contribution in [0.4, 0.5) is 5.69 Å². The maximum atomic E-state index is 12.4.